The summed E-state index contributed by atoms with van der Waals surface area (Å²) in [6.07, 6.45) is 8.39. The number of pyridine rings is 3. The van der Waals surface area contributed by atoms with Crippen molar-refractivity contribution >= 4 is 43.7 Å². The first-order chi connectivity index (χ1) is 22.7. The summed E-state index contributed by atoms with van der Waals surface area (Å²) in [7, 11) is -3.46. The third-order valence-corrected chi connectivity index (χ3v) is 8.72. The molecule has 15 heteroatoms. The molecule has 1 aromatic carbocycles. The molecule has 1 amide bonds. The van der Waals surface area contributed by atoms with E-state index in [-0.39, 0.29) is 12.5 Å². The van der Waals surface area contributed by atoms with E-state index in [4.69, 9.17) is 9.97 Å². The summed E-state index contributed by atoms with van der Waals surface area (Å²) in [6, 6.07) is 11.6. The molecule has 0 atom stereocenters. The van der Waals surface area contributed by atoms with E-state index in [1.165, 1.54) is 12.1 Å². The Morgan fingerprint density at radius 2 is 1.81 bits per heavy atom. The lowest BCUT2D eigenvalue weighted by Gasteiger charge is -2.21. The van der Waals surface area contributed by atoms with Crippen molar-refractivity contribution in [3.8, 4) is 34.0 Å². The lowest BCUT2D eigenvalue weighted by Crippen LogP contribution is -2.30. The highest BCUT2D eigenvalue weighted by Crippen LogP contribution is 2.32. The number of carbonyl (C=O) groups excluding carboxylic acids is 1. The minimum Gasteiger partial charge on any atom is -0.336 e. The number of hydrogen-bond acceptors (Lipinski definition) is 9. The molecule has 1 fully saturated rings. The second kappa shape index (κ2) is 12.6. The smallest absolute Gasteiger partial charge is 0.224 e. The fraction of sp³-hybridized carbons (Fsp3) is 0.250. The zero-order valence-electron chi connectivity index (χ0n) is 25.3. The van der Waals surface area contributed by atoms with Gasteiger partial charge in [-0.1, -0.05) is 0 Å². The maximum absolute atomic E-state index is 14.6. The minimum atomic E-state index is -3.46. The Bertz CT molecular complexity index is 2230. The zero-order chi connectivity index (χ0) is 32.5. The van der Waals surface area contributed by atoms with E-state index in [0.29, 0.717) is 74.1 Å². The Morgan fingerprint density at radius 1 is 0.979 bits per heavy atom. The summed E-state index contributed by atoms with van der Waals surface area (Å²) in [5.41, 5.74) is 6.12. The molecule has 0 radical (unpaired) electrons. The molecule has 6 heterocycles. The molecular weight excluding hydrogens is 623 g/mol. The summed E-state index contributed by atoms with van der Waals surface area (Å²) < 4.78 is 40.2. The molecule has 0 saturated carbocycles. The lowest BCUT2D eigenvalue weighted by molar-refractivity contribution is -0.117. The van der Waals surface area contributed by atoms with Gasteiger partial charge in [0, 0.05) is 36.5 Å². The van der Waals surface area contributed by atoms with E-state index in [1.54, 1.807) is 30.7 Å². The summed E-state index contributed by atoms with van der Waals surface area (Å²) >= 11 is 0. The van der Waals surface area contributed by atoms with Crippen LogP contribution in [0.5, 0.6) is 0 Å². The minimum absolute atomic E-state index is 0.0323. The van der Waals surface area contributed by atoms with Gasteiger partial charge in [0.15, 0.2) is 11.5 Å². The normalized spacial score (nSPS) is 14.2. The molecule has 0 spiro atoms. The number of amides is 1. The van der Waals surface area contributed by atoms with Crippen molar-refractivity contribution in [1.82, 2.24) is 45.2 Å². The van der Waals surface area contributed by atoms with Crippen LogP contribution >= 0.6 is 0 Å². The standard InChI is InChI=1S/C32H31FN10O3S/c1-47(45,46)37-15-19-10-20(13-22(33)11-19)28-29-25(6-9-36-28)40-32(41-29)31-30-26(42-43-31)3-2-24(39-30)21-14-23(17-35-16-21)38-27(44)12-18-4-7-34-8-5-18/h2-3,6,9-11,13-14,16-18,34,37H,4-5,7-8,12,15H2,1H3,(H,38,44)(H,40,41)(H,42,43). The van der Waals surface area contributed by atoms with Crippen molar-refractivity contribution in [3.63, 3.8) is 0 Å². The van der Waals surface area contributed by atoms with Crippen molar-refractivity contribution in [2.24, 2.45) is 5.92 Å². The first-order valence-corrected chi connectivity index (χ1v) is 17.0. The van der Waals surface area contributed by atoms with E-state index in [0.717, 1.165) is 37.8 Å². The quantitative estimate of drug-likeness (QED) is 0.153. The Kier molecular flexibility index (Phi) is 8.17. The highest BCUT2D eigenvalue weighted by atomic mass is 32.2. The van der Waals surface area contributed by atoms with Crippen LogP contribution in [0.2, 0.25) is 0 Å². The molecular formula is C32H31FN10O3S. The van der Waals surface area contributed by atoms with Gasteiger partial charge in [-0.2, -0.15) is 5.10 Å². The Labute approximate surface area is 268 Å². The number of rotatable bonds is 9. The Balaban J connectivity index is 1.18. The molecule has 1 aliphatic heterocycles. The molecule has 5 N–H and O–H groups in total. The van der Waals surface area contributed by atoms with Crippen LogP contribution in [0.15, 0.2) is 61.1 Å². The Morgan fingerprint density at radius 3 is 2.64 bits per heavy atom. The monoisotopic (exact) mass is 654 g/mol. The van der Waals surface area contributed by atoms with Gasteiger partial charge in [-0.3, -0.25) is 19.9 Å². The van der Waals surface area contributed by atoms with Crippen LogP contribution in [-0.4, -0.2) is 68.8 Å². The number of piperidine rings is 1. The zero-order valence-corrected chi connectivity index (χ0v) is 26.2. The number of aromatic amines is 2. The first kappa shape index (κ1) is 30.5. The van der Waals surface area contributed by atoms with Gasteiger partial charge in [0.1, 0.15) is 16.9 Å². The van der Waals surface area contributed by atoms with Crippen molar-refractivity contribution in [2.45, 2.75) is 25.8 Å². The highest BCUT2D eigenvalue weighted by Gasteiger charge is 2.20. The van der Waals surface area contributed by atoms with Crippen molar-refractivity contribution in [1.29, 1.82) is 0 Å². The maximum Gasteiger partial charge on any atom is 0.224 e. The topological polar surface area (TPSA) is 183 Å². The van der Waals surface area contributed by atoms with Crippen LogP contribution in [0.25, 0.3) is 56.1 Å². The van der Waals surface area contributed by atoms with E-state index < -0.39 is 15.8 Å². The second-order valence-corrected chi connectivity index (χ2v) is 13.5. The molecule has 0 unspecified atom stereocenters. The molecule has 47 heavy (non-hydrogen) atoms. The number of carbonyl (C=O) groups is 1. The van der Waals surface area contributed by atoms with Crippen LogP contribution < -0.4 is 15.4 Å². The molecule has 5 aromatic heterocycles. The molecule has 0 bridgehead atoms. The van der Waals surface area contributed by atoms with Crippen LogP contribution in [0.1, 0.15) is 24.8 Å². The summed E-state index contributed by atoms with van der Waals surface area (Å²) in [5, 5.41) is 13.8. The number of sulfonamides is 1. The first-order valence-electron chi connectivity index (χ1n) is 15.1. The van der Waals surface area contributed by atoms with E-state index >= 15 is 0 Å². The summed E-state index contributed by atoms with van der Waals surface area (Å²) in [6.45, 7) is 1.81. The van der Waals surface area contributed by atoms with E-state index in [1.807, 2.05) is 18.2 Å². The van der Waals surface area contributed by atoms with Crippen LogP contribution in [-0.2, 0) is 21.4 Å². The predicted octanol–water partition coefficient (Wildman–Crippen LogP) is 4.14. The number of imidazole rings is 1. The van der Waals surface area contributed by atoms with Gasteiger partial charge in [-0.15, -0.1) is 0 Å². The SMILES string of the molecule is CS(=O)(=O)NCc1cc(F)cc(-c2nccc3[nH]c(-c4n[nH]c5ccc(-c6cncc(NC(=O)CC7CCNCC7)c6)nc45)nc23)c1. The lowest BCUT2D eigenvalue weighted by atomic mass is 9.94. The largest absolute Gasteiger partial charge is 0.336 e. The third-order valence-electron chi connectivity index (χ3n) is 8.05. The van der Waals surface area contributed by atoms with Gasteiger partial charge in [0.25, 0.3) is 0 Å². The van der Waals surface area contributed by atoms with Gasteiger partial charge >= 0.3 is 0 Å². The molecule has 1 saturated heterocycles. The maximum atomic E-state index is 14.6. The third kappa shape index (κ3) is 6.86. The fourth-order valence-corrected chi connectivity index (χ4v) is 6.22. The molecule has 6 aromatic rings. The number of nitrogens with zero attached hydrogens (tertiary/aromatic N) is 5. The summed E-state index contributed by atoms with van der Waals surface area (Å²) in [5.74, 6) is 0.238. The number of anilines is 1. The van der Waals surface area contributed by atoms with Crippen molar-refractivity contribution in [2.75, 3.05) is 24.7 Å². The highest BCUT2D eigenvalue weighted by molar-refractivity contribution is 7.88. The fourth-order valence-electron chi connectivity index (χ4n) is 5.80. The van der Waals surface area contributed by atoms with Gasteiger partial charge < -0.3 is 15.6 Å². The molecule has 7 rings (SSSR count). The van der Waals surface area contributed by atoms with Gasteiger partial charge in [-0.05, 0) is 79.9 Å². The molecule has 13 nitrogen and oxygen atoms in total. The number of hydrogen-bond donors (Lipinski definition) is 5. The van der Waals surface area contributed by atoms with Crippen molar-refractivity contribution in [3.05, 3.63) is 72.4 Å². The molecule has 0 aliphatic carbocycles. The van der Waals surface area contributed by atoms with Crippen LogP contribution in [0.4, 0.5) is 10.1 Å². The number of halogens is 1. The predicted molar refractivity (Wildman–Crippen MR) is 176 cm³/mol. The number of benzene rings is 1. The number of fused-ring (bicyclic) bond motifs is 2. The average molecular weight is 655 g/mol. The van der Waals surface area contributed by atoms with Crippen molar-refractivity contribution < 1.29 is 17.6 Å². The van der Waals surface area contributed by atoms with Gasteiger partial charge in [0.2, 0.25) is 15.9 Å². The number of nitrogens with one attached hydrogen (secondary N) is 5. The molecule has 1 aliphatic rings. The van der Waals surface area contributed by atoms with E-state index in [9.17, 15) is 17.6 Å². The summed E-state index contributed by atoms with van der Waals surface area (Å²) in [4.78, 5) is 34.5. The number of H-pyrrole nitrogens is 2. The van der Waals surface area contributed by atoms with Crippen LogP contribution in [0, 0.1) is 11.7 Å². The second-order valence-electron chi connectivity index (χ2n) is 11.7. The van der Waals surface area contributed by atoms with E-state index in [2.05, 4.69) is 40.5 Å². The molecule has 240 valence electrons. The Hall–Kier alpha value is -5.12. The van der Waals surface area contributed by atoms with Gasteiger partial charge in [0.05, 0.1) is 40.6 Å². The average Bonchev–Trinajstić information content (AvgIpc) is 3.68. The van der Waals surface area contributed by atoms with Gasteiger partial charge in [-0.25, -0.2) is 27.5 Å². The number of aromatic nitrogens is 7. The van der Waals surface area contributed by atoms with Crippen LogP contribution in [0.3, 0.4) is 0 Å².